The third kappa shape index (κ3) is 2.00. The number of ketones is 1. The van der Waals surface area contributed by atoms with Crippen LogP contribution < -0.4 is 0 Å². The van der Waals surface area contributed by atoms with E-state index in [1.165, 1.54) is 0 Å². The minimum atomic E-state index is -0.304. The van der Waals surface area contributed by atoms with E-state index >= 15 is 0 Å². The fraction of sp³-hybridized carbons (Fsp3) is 0.545. The zero-order chi connectivity index (χ0) is 10.2. The van der Waals surface area contributed by atoms with Crippen LogP contribution in [0.15, 0.2) is 6.07 Å². The van der Waals surface area contributed by atoms with Crippen molar-refractivity contribution in [1.29, 1.82) is 0 Å². The molecule has 2 nitrogen and oxygen atoms in total. The Morgan fingerprint density at radius 1 is 1.31 bits per heavy atom. The molecule has 0 saturated carbocycles. The van der Waals surface area contributed by atoms with Gasteiger partial charge < -0.3 is 4.98 Å². The summed E-state index contributed by atoms with van der Waals surface area (Å²) in [6.45, 7) is 9.73. The molecular formula is C11H17NO. The number of aromatic amines is 1. The van der Waals surface area contributed by atoms with E-state index in [9.17, 15) is 4.79 Å². The van der Waals surface area contributed by atoms with Crippen LogP contribution in [0.5, 0.6) is 0 Å². The van der Waals surface area contributed by atoms with Gasteiger partial charge in [-0.15, -0.1) is 0 Å². The standard InChI is InChI=1S/C11H17NO/c1-7-6-8(2)12-9(7)10(13)11(3,4)5/h6,12H,1-5H3. The molecule has 0 unspecified atom stereocenters. The van der Waals surface area contributed by atoms with Gasteiger partial charge in [-0.1, -0.05) is 20.8 Å². The maximum absolute atomic E-state index is 11.9. The Labute approximate surface area is 79.4 Å². The predicted molar refractivity (Wildman–Crippen MR) is 54.1 cm³/mol. The maximum Gasteiger partial charge on any atom is 0.184 e. The van der Waals surface area contributed by atoms with Crippen LogP contribution in [0.25, 0.3) is 0 Å². The molecule has 0 aliphatic heterocycles. The van der Waals surface area contributed by atoms with E-state index in [1.54, 1.807) is 0 Å². The quantitative estimate of drug-likeness (QED) is 0.661. The van der Waals surface area contributed by atoms with Crippen LogP contribution in [0.1, 0.15) is 42.5 Å². The van der Waals surface area contributed by atoms with Crippen molar-refractivity contribution in [2.75, 3.05) is 0 Å². The molecule has 2 heteroatoms. The van der Waals surface area contributed by atoms with Crippen molar-refractivity contribution in [1.82, 2.24) is 4.98 Å². The molecule has 0 radical (unpaired) electrons. The zero-order valence-corrected chi connectivity index (χ0v) is 8.99. The molecule has 0 aliphatic carbocycles. The number of nitrogens with one attached hydrogen (secondary N) is 1. The lowest BCUT2D eigenvalue weighted by molar-refractivity contribution is 0.0853. The molecule has 72 valence electrons. The van der Waals surface area contributed by atoms with Crippen LogP contribution >= 0.6 is 0 Å². The molecule has 0 aliphatic rings. The first-order chi connectivity index (χ1) is 5.82. The van der Waals surface area contributed by atoms with Crippen molar-refractivity contribution in [3.63, 3.8) is 0 Å². The van der Waals surface area contributed by atoms with Crippen molar-refractivity contribution in [3.05, 3.63) is 23.0 Å². The molecule has 0 amide bonds. The molecule has 1 rings (SSSR count). The number of carbonyl (C=O) groups is 1. The Hall–Kier alpha value is -1.05. The third-order valence-corrected chi connectivity index (χ3v) is 2.06. The van der Waals surface area contributed by atoms with Crippen LogP contribution in [0, 0.1) is 19.3 Å². The fourth-order valence-electron chi connectivity index (χ4n) is 1.34. The van der Waals surface area contributed by atoms with Gasteiger partial charge in [0.2, 0.25) is 0 Å². The molecule has 0 spiro atoms. The van der Waals surface area contributed by atoms with Crippen molar-refractivity contribution in [3.8, 4) is 0 Å². The lowest BCUT2D eigenvalue weighted by Gasteiger charge is -2.15. The average molecular weight is 179 g/mol. The Morgan fingerprint density at radius 2 is 1.85 bits per heavy atom. The molecule has 1 aromatic heterocycles. The van der Waals surface area contributed by atoms with Crippen LogP contribution in [0.2, 0.25) is 0 Å². The van der Waals surface area contributed by atoms with Gasteiger partial charge in [0.1, 0.15) is 0 Å². The molecule has 0 atom stereocenters. The predicted octanol–water partition coefficient (Wildman–Crippen LogP) is 2.86. The minimum Gasteiger partial charge on any atom is -0.356 e. The summed E-state index contributed by atoms with van der Waals surface area (Å²) < 4.78 is 0. The molecule has 1 aromatic rings. The number of aryl methyl sites for hydroxylation is 2. The Balaban J connectivity index is 3.09. The zero-order valence-electron chi connectivity index (χ0n) is 8.99. The normalized spacial score (nSPS) is 11.8. The Morgan fingerprint density at radius 3 is 2.15 bits per heavy atom. The minimum absolute atomic E-state index is 0.179. The van der Waals surface area contributed by atoms with Gasteiger partial charge in [-0.05, 0) is 25.5 Å². The van der Waals surface area contributed by atoms with E-state index in [1.807, 2.05) is 40.7 Å². The molecule has 0 fully saturated rings. The topological polar surface area (TPSA) is 32.9 Å². The summed E-state index contributed by atoms with van der Waals surface area (Å²) >= 11 is 0. The highest BCUT2D eigenvalue weighted by atomic mass is 16.1. The smallest absolute Gasteiger partial charge is 0.184 e. The molecule has 1 N–H and O–H groups in total. The van der Waals surface area contributed by atoms with Crippen LogP contribution in [-0.2, 0) is 0 Å². The molecule has 1 heterocycles. The van der Waals surface area contributed by atoms with Crippen molar-refractivity contribution in [2.24, 2.45) is 5.41 Å². The molecule has 0 aromatic carbocycles. The summed E-state index contributed by atoms with van der Waals surface area (Å²) in [5, 5.41) is 0. The lowest BCUT2D eigenvalue weighted by Crippen LogP contribution is -2.21. The fourth-order valence-corrected chi connectivity index (χ4v) is 1.34. The van der Waals surface area contributed by atoms with Gasteiger partial charge in [-0.2, -0.15) is 0 Å². The Bertz CT molecular complexity index is 328. The number of aromatic nitrogens is 1. The molecule has 0 saturated heterocycles. The molecular weight excluding hydrogens is 162 g/mol. The van der Waals surface area contributed by atoms with Crippen LogP contribution in [0.3, 0.4) is 0 Å². The number of rotatable bonds is 1. The highest BCUT2D eigenvalue weighted by Crippen LogP contribution is 2.22. The van der Waals surface area contributed by atoms with Gasteiger partial charge in [-0.3, -0.25) is 4.79 Å². The molecule has 0 bridgehead atoms. The second kappa shape index (κ2) is 3.02. The average Bonchev–Trinajstić information content (AvgIpc) is 2.26. The van der Waals surface area contributed by atoms with Crippen molar-refractivity contribution in [2.45, 2.75) is 34.6 Å². The third-order valence-electron chi connectivity index (χ3n) is 2.06. The number of H-pyrrole nitrogens is 1. The van der Waals surface area contributed by atoms with E-state index in [0.717, 1.165) is 17.0 Å². The first kappa shape index (κ1) is 10.0. The number of carbonyl (C=O) groups excluding carboxylic acids is 1. The van der Waals surface area contributed by atoms with Crippen molar-refractivity contribution >= 4 is 5.78 Å². The summed E-state index contributed by atoms with van der Waals surface area (Å²) in [6, 6.07) is 2.00. The SMILES string of the molecule is Cc1cc(C)c(C(=O)C(C)(C)C)[nH]1. The maximum atomic E-state index is 11.9. The first-order valence-electron chi connectivity index (χ1n) is 4.53. The Kier molecular flexibility index (Phi) is 2.33. The largest absolute Gasteiger partial charge is 0.356 e. The van der Waals surface area contributed by atoms with Gasteiger partial charge >= 0.3 is 0 Å². The van der Waals surface area contributed by atoms with Gasteiger partial charge in [0.05, 0.1) is 5.69 Å². The van der Waals surface area contributed by atoms with Crippen molar-refractivity contribution < 1.29 is 4.79 Å². The lowest BCUT2D eigenvalue weighted by atomic mass is 9.88. The number of Topliss-reactive ketones (excluding diaryl/α,β-unsaturated/α-hetero) is 1. The number of hydrogen-bond donors (Lipinski definition) is 1. The summed E-state index contributed by atoms with van der Waals surface area (Å²) in [6.07, 6.45) is 0. The van der Waals surface area contributed by atoms with E-state index in [2.05, 4.69) is 4.98 Å². The monoisotopic (exact) mass is 179 g/mol. The highest BCUT2D eigenvalue weighted by molar-refractivity contribution is 5.99. The summed E-state index contributed by atoms with van der Waals surface area (Å²) in [5.74, 6) is 0.179. The van der Waals surface area contributed by atoms with E-state index in [0.29, 0.717) is 0 Å². The number of hydrogen-bond acceptors (Lipinski definition) is 1. The van der Waals surface area contributed by atoms with E-state index in [4.69, 9.17) is 0 Å². The van der Waals surface area contributed by atoms with Gasteiger partial charge in [0.25, 0.3) is 0 Å². The first-order valence-corrected chi connectivity index (χ1v) is 4.53. The van der Waals surface area contributed by atoms with Gasteiger partial charge in [0.15, 0.2) is 5.78 Å². The van der Waals surface area contributed by atoms with Gasteiger partial charge in [0, 0.05) is 11.1 Å². The second-order valence-corrected chi connectivity index (χ2v) is 4.59. The summed E-state index contributed by atoms with van der Waals surface area (Å²) in [5.41, 5.74) is 2.54. The van der Waals surface area contributed by atoms with Crippen LogP contribution in [0.4, 0.5) is 0 Å². The van der Waals surface area contributed by atoms with Crippen LogP contribution in [-0.4, -0.2) is 10.8 Å². The summed E-state index contributed by atoms with van der Waals surface area (Å²) in [7, 11) is 0. The molecule has 13 heavy (non-hydrogen) atoms. The van der Waals surface area contributed by atoms with E-state index < -0.39 is 0 Å². The van der Waals surface area contributed by atoms with Gasteiger partial charge in [-0.25, -0.2) is 0 Å². The summed E-state index contributed by atoms with van der Waals surface area (Å²) in [4.78, 5) is 15.0. The van der Waals surface area contributed by atoms with E-state index in [-0.39, 0.29) is 11.2 Å². The highest BCUT2D eigenvalue weighted by Gasteiger charge is 2.25. The second-order valence-electron chi connectivity index (χ2n) is 4.59.